The minimum atomic E-state index is -0.000721. The van der Waals surface area contributed by atoms with Crippen LogP contribution in [0.3, 0.4) is 0 Å². The van der Waals surface area contributed by atoms with E-state index in [4.69, 9.17) is 17.3 Å². The van der Waals surface area contributed by atoms with Crippen LogP contribution in [0.2, 0.25) is 5.02 Å². The summed E-state index contributed by atoms with van der Waals surface area (Å²) in [4.78, 5) is 14.3. The standard InChI is InChI=1S/C14H18ClN3O/c15-12-6-10(16)2-4-13(12)17-14(19)8-18-7-9-1-3-11(18)5-9/h2,4,6,9,11H,1,3,5,7-8,16H2,(H,17,19). The van der Waals surface area contributed by atoms with Crippen LogP contribution in [0.4, 0.5) is 11.4 Å². The van der Waals surface area contributed by atoms with Gasteiger partial charge >= 0.3 is 0 Å². The molecule has 0 aromatic heterocycles. The quantitative estimate of drug-likeness (QED) is 0.835. The van der Waals surface area contributed by atoms with Gasteiger partial charge in [-0.2, -0.15) is 0 Å². The highest BCUT2D eigenvalue weighted by Gasteiger charge is 2.38. The lowest BCUT2D eigenvalue weighted by atomic mass is 10.1. The second-order valence-electron chi connectivity index (χ2n) is 5.55. The van der Waals surface area contributed by atoms with Crippen molar-refractivity contribution >= 4 is 28.9 Å². The zero-order chi connectivity index (χ0) is 13.4. The van der Waals surface area contributed by atoms with Gasteiger partial charge in [0.2, 0.25) is 5.91 Å². The zero-order valence-electron chi connectivity index (χ0n) is 10.7. The first-order valence-corrected chi connectivity index (χ1v) is 7.08. The second-order valence-corrected chi connectivity index (χ2v) is 5.96. The SMILES string of the molecule is Nc1ccc(NC(=O)CN2CC3CCC2C3)c(Cl)c1. The van der Waals surface area contributed by atoms with Crippen LogP contribution in [0.5, 0.6) is 0 Å². The van der Waals surface area contributed by atoms with Crippen molar-refractivity contribution in [2.75, 3.05) is 24.1 Å². The maximum absolute atomic E-state index is 12.0. The van der Waals surface area contributed by atoms with Crippen molar-refractivity contribution in [1.82, 2.24) is 4.90 Å². The molecule has 1 saturated carbocycles. The fourth-order valence-electron chi connectivity index (χ4n) is 3.23. The van der Waals surface area contributed by atoms with Crippen LogP contribution in [-0.4, -0.2) is 29.9 Å². The molecule has 2 fully saturated rings. The fraction of sp³-hybridized carbons (Fsp3) is 0.500. The maximum Gasteiger partial charge on any atom is 0.238 e. The first-order valence-electron chi connectivity index (χ1n) is 6.71. The van der Waals surface area contributed by atoms with E-state index in [1.54, 1.807) is 18.2 Å². The molecule has 5 heteroatoms. The number of hydrogen-bond acceptors (Lipinski definition) is 3. The van der Waals surface area contributed by atoms with Crippen molar-refractivity contribution in [3.8, 4) is 0 Å². The highest BCUT2D eigenvalue weighted by Crippen LogP contribution is 2.37. The minimum absolute atomic E-state index is 0.000721. The van der Waals surface area contributed by atoms with Gasteiger partial charge in [-0.3, -0.25) is 9.69 Å². The molecule has 1 aromatic carbocycles. The van der Waals surface area contributed by atoms with Crippen LogP contribution in [0.25, 0.3) is 0 Å². The Morgan fingerprint density at radius 2 is 2.32 bits per heavy atom. The summed E-state index contributed by atoms with van der Waals surface area (Å²) in [7, 11) is 0. The van der Waals surface area contributed by atoms with Gasteiger partial charge in [0.05, 0.1) is 17.3 Å². The van der Waals surface area contributed by atoms with Gasteiger partial charge in [0.25, 0.3) is 0 Å². The van der Waals surface area contributed by atoms with Gasteiger partial charge in [-0.25, -0.2) is 0 Å². The van der Waals surface area contributed by atoms with Crippen molar-refractivity contribution in [2.45, 2.75) is 25.3 Å². The Bertz CT molecular complexity index is 505. The van der Waals surface area contributed by atoms with E-state index in [0.717, 1.165) is 12.5 Å². The van der Waals surface area contributed by atoms with E-state index in [1.807, 2.05) is 0 Å². The van der Waals surface area contributed by atoms with E-state index in [-0.39, 0.29) is 5.91 Å². The van der Waals surface area contributed by atoms with Crippen molar-refractivity contribution in [3.63, 3.8) is 0 Å². The third kappa shape index (κ3) is 2.69. The molecule has 1 aliphatic carbocycles. The van der Waals surface area contributed by atoms with Gasteiger partial charge in [0, 0.05) is 18.3 Å². The number of hydrogen-bond donors (Lipinski definition) is 2. The predicted molar refractivity (Wildman–Crippen MR) is 77.2 cm³/mol. The molecule has 3 N–H and O–H groups in total. The second kappa shape index (κ2) is 5.02. The number of nitrogen functional groups attached to an aromatic ring is 1. The number of nitrogens with zero attached hydrogens (tertiary/aromatic N) is 1. The summed E-state index contributed by atoms with van der Waals surface area (Å²) in [5, 5.41) is 3.34. The normalized spacial score (nSPS) is 25.7. The number of likely N-dealkylation sites (tertiary alicyclic amines) is 1. The first-order chi connectivity index (χ1) is 9.11. The molecule has 1 saturated heterocycles. The van der Waals surface area contributed by atoms with E-state index in [1.165, 1.54) is 19.3 Å². The molecule has 0 radical (unpaired) electrons. The maximum atomic E-state index is 12.0. The number of halogens is 1. The molecule has 1 aliphatic heterocycles. The number of piperidine rings is 1. The third-order valence-electron chi connectivity index (χ3n) is 4.14. The molecule has 102 valence electrons. The molecule has 3 rings (SSSR count). The average Bonchev–Trinajstić information content (AvgIpc) is 2.95. The highest BCUT2D eigenvalue weighted by atomic mass is 35.5. The summed E-state index contributed by atoms with van der Waals surface area (Å²) >= 11 is 6.04. The number of anilines is 2. The number of nitrogens with two attached hydrogens (primary N) is 1. The summed E-state index contributed by atoms with van der Waals surface area (Å²) in [6.07, 6.45) is 3.82. The smallest absolute Gasteiger partial charge is 0.238 e. The van der Waals surface area contributed by atoms with Gasteiger partial charge in [-0.05, 0) is 43.4 Å². The van der Waals surface area contributed by atoms with Crippen LogP contribution in [0.1, 0.15) is 19.3 Å². The Hall–Kier alpha value is -1.26. The number of carbonyl (C=O) groups is 1. The largest absolute Gasteiger partial charge is 0.399 e. The van der Waals surface area contributed by atoms with Crippen LogP contribution in [0.15, 0.2) is 18.2 Å². The average molecular weight is 280 g/mol. The van der Waals surface area contributed by atoms with Crippen molar-refractivity contribution < 1.29 is 4.79 Å². The molecule has 1 amide bonds. The van der Waals surface area contributed by atoms with Gasteiger partial charge < -0.3 is 11.1 Å². The minimum Gasteiger partial charge on any atom is -0.399 e. The topological polar surface area (TPSA) is 58.4 Å². The molecule has 2 unspecified atom stereocenters. The number of rotatable bonds is 3. The van der Waals surface area contributed by atoms with Crippen LogP contribution in [0, 0.1) is 5.92 Å². The van der Waals surface area contributed by atoms with Crippen LogP contribution in [-0.2, 0) is 4.79 Å². The van der Waals surface area contributed by atoms with E-state index < -0.39 is 0 Å². The van der Waals surface area contributed by atoms with Crippen molar-refractivity contribution in [2.24, 2.45) is 5.92 Å². The molecular formula is C14H18ClN3O. The Kier molecular flexibility index (Phi) is 3.37. The van der Waals surface area contributed by atoms with Crippen molar-refractivity contribution in [1.29, 1.82) is 0 Å². The molecule has 2 bridgehead atoms. The molecular weight excluding hydrogens is 262 g/mol. The lowest BCUT2D eigenvalue weighted by Gasteiger charge is -2.25. The van der Waals surface area contributed by atoms with E-state index in [0.29, 0.717) is 29.0 Å². The van der Waals surface area contributed by atoms with Crippen LogP contribution >= 0.6 is 11.6 Å². The van der Waals surface area contributed by atoms with Crippen molar-refractivity contribution in [3.05, 3.63) is 23.2 Å². The van der Waals surface area contributed by atoms with Gasteiger partial charge in [-0.1, -0.05) is 11.6 Å². The molecule has 4 nitrogen and oxygen atoms in total. The number of fused-ring (bicyclic) bond motifs is 2. The van der Waals surface area contributed by atoms with Gasteiger partial charge in [0.15, 0.2) is 0 Å². The number of amides is 1. The molecule has 2 atom stereocenters. The summed E-state index contributed by atoms with van der Waals surface area (Å²) < 4.78 is 0. The van der Waals surface area contributed by atoms with Gasteiger partial charge in [0.1, 0.15) is 0 Å². The van der Waals surface area contributed by atoms with E-state index in [2.05, 4.69) is 10.2 Å². The number of carbonyl (C=O) groups excluding carboxylic acids is 1. The summed E-state index contributed by atoms with van der Waals surface area (Å²) in [6.45, 7) is 1.52. The predicted octanol–water partition coefficient (Wildman–Crippen LogP) is 2.35. The third-order valence-corrected chi connectivity index (χ3v) is 4.45. The summed E-state index contributed by atoms with van der Waals surface area (Å²) in [5.74, 6) is 0.803. The highest BCUT2D eigenvalue weighted by molar-refractivity contribution is 6.34. The fourth-order valence-corrected chi connectivity index (χ4v) is 3.46. The Balaban J connectivity index is 1.59. The molecule has 2 aliphatic rings. The lowest BCUT2D eigenvalue weighted by molar-refractivity contribution is -0.117. The lowest BCUT2D eigenvalue weighted by Crippen LogP contribution is -2.38. The molecule has 19 heavy (non-hydrogen) atoms. The monoisotopic (exact) mass is 279 g/mol. The molecule has 1 heterocycles. The first kappa shape index (κ1) is 12.8. The summed E-state index contributed by atoms with van der Waals surface area (Å²) in [5.41, 5.74) is 6.85. The van der Waals surface area contributed by atoms with E-state index in [9.17, 15) is 4.79 Å². The van der Waals surface area contributed by atoms with Crippen LogP contribution < -0.4 is 11.1 Å². The number of nitrogens with one attached hydrogen (secondary N) is 1. The zero-order valence-corrected chi connectivity index (χ0v) is 11.5. The Labute approximate surface area is 117 Å². The van der Waals surface area contributed by atoms with E-state index >= 15 is 0 Å². The number of benzene rings is 1. The summed E-state index contributed by atoms with van der Waals surface area (Å²) in [6, 6.07) is 5.73. The molecule has 0 spiro atoms. The van der Waals surface area contributed by atoms with Gasteiger partial charge in [-0.15, -0.1) is 0 Å². The Morgan fingerprint density at radius 3 is 2.95 bits per heavy atom. The molecule has 1 aromatic rings. The Morgan fingerprint density at radius 1 is 1.47 bits per heavy atom.